The molecule has 0 fully saturated rings. The topological polar surface area (TPSA) is 78.9 Å². The minimum atomic E-state index is -0.784. The molecule has 0 aliphatic carbocycles. The SMILES string of the molecule is CC/C=C\C/C=C\C/C=C\C/C=C\C/C=C\C/C=C\CCCCCCCCC(=O)OCC(COC(=O)CCCCCCCCCCC)OC(=O)CCCCCCC/C=C\CCCCCCCC. The van der Waals surface area contributed by atoms with Crippen molar-refractivity contribution >= 4 is 17.9 Å². The van der Waals surface area contributed by atoms with Crippen molar-refractivity contribution in [3.8, 4) is 0 Å². The van der Waals surface area contributed by atoms with E-state index < -0.39 is 6.10 Å². The van der Waals surface area contributed by atoms with Gasteiger partial charge in [0, 0.05) is 19.3 Å². The van der Waals surface area contributed by atoms with Crippen LogP contribution in [0.5, 0.6) is 0 Å². The summed E-state index contributed by atoms with van der Waals surface area (Å²) < 4.78 is 16.8. The maximum Gasteiger partial charge on any atom is 0.306 e. The number of unbranched alkanes of at least 4 members (excludes halogenated alkanes) is 25. The summed E-state index contributed by atoms with van der Waals surface area (Å²) in [4.78, 5) is 38.0. The first-order chi connectivity index (χ1) is 33.0. The third-order valence-electron chi connectivity index (χ3n) is 11.9. The van der Waals surface area contributed by atoms with Crippen LogP contribution in [0, 0.1) is 0 Å². The van der Waals surface area contributed by atoms with E-state index in [9.17, 15) is 14.4 Å². The predicted octanol–water partition coefficient (Wildman–Crippen LogP) is 18.8. The maximum atomic E-state index is 12.8. The van der Waals surface area contributed by atoms with Crippen LogP contribution in [0.25, 0.3) is 0 Å². The zero-order chi connectivity index (χ0) is 48.6. The predicted molar refractivity (Wildman–Crippen MR) is 288 cm³/mol. The highest BCUT2D eigenvalue weighted by Gasteiger charge is 2.19. The Balaban J connectivity index is 4.30. The normalized spacial score (nSPS) is 12.7. The average Bonchev–Trinajstić information content (AvgIpc) is 3.33. The van der Waals surface area contributed by atoms with Crippen molar-refractivity contribution in [3.05, 3.63) is 85.1 Å². The second-order valence-electron chi connectivity index (χ2n) is 18.5. The van der Waals surface area contributed by atoms with Crippen LogP contribution in [-0.2, 0) is 28.6 Å². The van der Waals surface area contributed by atoms with Crippen LogP contribution in [0.3, 0.4) is 0 Å². The number of carbonyl (C=O) groups excluding carboxylic acids is 3. The molecule has 0 N–H and O–H groups in total. The maximum absolute atomic E-state index is 12.8. The van der Waals surface area contributed by atoms with Gasteiger partial charge < -0.3 is 14.2 Å². The van der Waals surface area contributed by atoms with Crippen molar-refractivity contribution in [1.82, 2.24) is 0 Å². The van der Waals surface area contributed by atoms with Gasteiger partial charge in [0.15, 0.2) is 6.10 Å². The highest BCUT2D eigenvalue weighted by Crippen LogP contribution is 2.14. The molecule has 0 aromatic carbocycles. The van der Waals surface area contributed by atoms with Crippen molar-refractivity contribution < 1.29 is 28.6 Å². The summed E-state index contributed by atoms with van der Waals surface area (Å²) in [7, 11) is 0. The van der Waals surface area contributed by atoms with Crippen LogP contribution in [0.1, 0.15) is 265 Å². The van der Waals surface area contributed by atoms with Gasteiger partial charge in [0.1, 0.15) is 13.2 Å². The highest BCUT2D eigenvalue weighted by molar-refractivity contribution is 5.71. The number of ether oxygens (including phenoxy) is 3. The average molecular weight is 933 g/mol. The van der Waals surface area contributed by atoms with Gasteiger partial charge >= 0.3 is 17.9 Å². The number of hydrogen-bond acceptors (Lipinski definition) is 6. The van der Waals surface area contributed by atoms with Gasteiger partial charge in [-0.15, -0.1) is 0 Å². The molecule has 67 heavy (non-hydrogen) atoms. The van der Waals surface area contributed by atoms with Crippen molar-refractivity contribution in [2.75, 3.05) is 13.2 Å². The summed E-state index contributed by atoms with van der Waals surface area (Å²) in [6.07, 6.45) is 71.5. The molecule has 0 saturated heterocycles. The molecule has 0 amide bonds. The molecule has 1 unspecified atom stereocenters. The molecule has 0 spiro atoms. The molecule has 0 aliphatic heterocycles. The monoisotopic (exact) mass is 933 g/mol. The number of allylic oxidation sites excluding steroid dienone is 14. The molecule has 0 saturated carbocycles. The molecular weight excluding hydrogens is 829 g/mol. The molecule has 384 valence electrons. The van der Waals surface area contributed by atoms with E-state index in [1.807, 2.05) is 0 Å². The first-order valence-electron chi connectivity index (χ1n) is 28.1. The molecule has 1 atom stereocenters. The fourth-order valence-corrected chi connectivity index (χ4v) is 7.68. The minimum absolute atomic E-state index is 0.0831. The van der Waals surface area contributed by atoms with Crippen LogP contribution in [-0.4, -0.2) is 37.2 Å². The zero-order valence-electron chi connectivity index (χ0n) is 43.9. The van der Waals surface area contributed by atoms with Gasteiger partial charge in [0.25, 0.3) is 0 Å². The van der Waals surface area contributed by atoms with Gasteiger partial charge in [-0.05, 0) is 96.3 Å². The number of rotatable bonds is 50. The summed E-state index contributed by atoms with van der Waals surface area (Å²) in [5.74, 6) is -0.906. The molecule has 0 aliphatic rings. The molecule has 0 aromatic rings. The number of hydrogen-bond donors (Lipinski definition) is 0. The molecule has 0 radical (unpaired) electrons. The lowest BCUT2D eigenvalue weighted by molar-refractivity contribution is -0.167. The third-order valence-corrected chi connectivity index (χ3v) is 11.9. The van der Waals surface area contributed by atoms with Crippen molar-refractivity contribution in [1.29, 1.82) is 0 Å². The Morgan fingerprint density at radius 2 is 0.582 bits per heavy atom. The minimum Gasteiger partial charge on any atom is -0.462 e. The Morgan fingerprint density at radius 3 is 0.925 bits per heavy atom. The van der Waals surface area contributed by atoms with E-state index in [4.69, 9.17) is 14.2 Å². The van der Waals surface area contributed by atoms with Gasteiger partial charge in [-0.3, -0.25) is 14.4 Å². The highest BCUT2D eigenvalue weighted by atomic mass is 16.6. The summed E-state index contributed by atoms with van der Waals surface area (Å²) in [5, 5.41) is 0. The van der Waals surface area contributed by atoms with Crippen molar-refractivity contribution in [3.63, 3.8) is 0 Å². The van der Waals surface area contributed by atoms with E-state index in [-0.39, 0.29) is 31.1 Å². The second-order valence-corrected chi connectivity index (χ2v) is 18.5. The smallest absolute Gasteiger partial charge is 0.306 e. The molecule has 0 heterocycles. The standard InChI is InChI=1S/C61H104O6/c1-4-7-10-13-16-19-21-23-25-26-27-28-29-30-31-32-33-34-36-37-39-42-45-48-51-54-60(63)66-57-58(56-65-59(62)53-50-47-44-41-18-15-12-9-6-3)67-61(64)55-52-49-46-43-40-38-35-24-22-20-17-14-11-8-5-2/h7,10,16,19,23-25,27-28,30-31,33-35,58H,4-6,8-9,11-15,17-18,20-22,26,29,32,36-57H2,1-3H3/b10-7-,19-16-,25-23-,28-27-,31-30-,34-33-,35-24-. The quantitative estimate of drug-likeness (QED) is 0.0262. The van der Waals surface area contributed by atoms with E-state index in [0.717, 1.165) is 122 Å². The van der Waals surface area contributed by atoms with Crippen molar-refractivity contribution in [2.45, 2.75) is 271 Å². The van der Waals surface area contributed by atoms with Gasteiger partial charge in [-0.2, -0.15) is 0 Å². The largest absolute Gasteiger partial charge is 0.462 e. The van der Waals surface area contributed by atoms with Crippen LogP contribution < -0.4 is 0 Å². The number of esters is 3. The molecular formula is C61H104O6. The Kier molecular flexibility index (Phi) is 52.4. The lowest BCUT2D eigenvalue weighted by Crippen LogP contribution is -2.30. The van der Waals surface area contributed by atoms with E-state index in [2.05, 4.69) is 106 Å². The van der Waals surface area contributed by atoms with Gasteiger partial charge in [-0.25, -0.2) is 0 Å². The van der Waals surface area contributed by atoms with Gasteiger partial charge in [-0.1, -0.05) is 234 Å². The first kappa shape index (κ1) is 63.6. The second kappa shape index (κ2) is 55.2. The Hall–Kier alpha value is -3.41. The summed E-state index contributed by atoms with van der Waals surface area (Å²) in [6, 6.07) is 0. The van der Waals surface area contributed by atoms with Crippen molar-refractivity contribution in [2.24, 2.45) is 0 Å². The third kappa shape index (κ3) is 53.4. The summed E-state index contributed by atoms with van der Waals surface area (Å²) in [6.45, 7) is 6.49. The van der Waals surface area contributed by atoms with E-state index in [1.54, 1.807) is 0 Å². The van der Waals surface area contributed by atoms with Gasteiger partial charge in [0.05, 0.1) is 0 Å². The fraction of sp³-hybridized carbons (Fsp3) is 0.721. The lowest BCUT2D eigenvalue weighted by Gasteiger charge is -2.18. The molecule has 0 aromatic heterocycles. The molecule has 6 nitrogen and oxygen atoms in total. The van der Waals surface area contributed by atoms with Crippen LogP contribution >= 0.6 is 0 Å². The van der Waals surface area contributed by atoms with E-state index in [1.165, 1.54) is 103 Å². The summed E-state index contributed by atoms with van der Waals surface area (Å²) in [5.41, 5.74) is 0. The summed E-state index contributed by atoms with van der Waals surface area (Å²) >= 11 is 0. The van der Waals surface area contributed by atoms with E-state index in [0.29, 0.717) is 19.3 Å². The van der Waals surface area contributed by atoms with Crippen LogP contribution in [0.2, 0.25) is 0 Å². The first-order valence-corrected chi connectivity index (χ1v) is 28.1. The van der Waals surface area contributed by atoms with Crippen LogP contribution in [0.4, 0.5) is 0 Å². The van der Waals surface area contributed by atoms with Crippen LogP contribution in [0.15, 0.2) is 85.1 Å². The Labute approximate surface area is 414 Å². The molecule has 0 rings (SSSR count). The fourth-order valence-electron chi connectivity index (χ4n) is 7.68. The Bertz CT molecular complexity index is 1300. The zero-order valence-corrected chi connectivity index (χ0v) is 43.9. The van der Waals surface area contributed by atoms with Gasteiger partial charge in [0.2, 0.25) is 0 Å². The Morgan fingerprint density at radius 1 is 0.313 bits per heavy atom. The lowest BCUT2D eigenvalue weighted by atomic mass is 10.1. The number of carbonyl (C=O) groups is 3. The molecule has 0 bridgehead atoms. The van der Waals surface area contributed by atoms with E-state index >= 15 is 0 Å². The molecule has 6 heteroatoms.